The van der Waals surface area contributed by atoms with Gasteiger partial charge in [0.1, 0.15) is 34.6 Å². The maximum atomic E-state index is 12.2. The summed E-state index contributed by atoms with van der Waals surface area (Å²) in [6, 6.07) is 6.97. The molecule has 0 bridgehead atoms. The summed E-state index contributed by atoms with van der Waals surface area (Å²) < 4.78 is 48.9. The number of benzene rings is 2. The van der Waals surface area contributed by atoms with Crippen molar-refractivity contribution in [1.82, 2.24) is 0 Å². The molecular formula is C12H10F4N2. The molecule has 4 N–H and O–H groups in total. The molecule has 18 heavy (non-hydrogen) atoms. The second-order valence-electron chi connectivity index (χ2n) is 3.27. The molecule has 2 aromatic carbocycles. The molecular weight excluding hydrogens is 248 g/mol. The Morgan fingerprint density at radius 3 is 0.944 bits per heavy atom. The Morgan fingerprint density at radius 1 is 0.556 bits per heavy atom. The second-order valence-corrected chi connectivity index (χ2v) is 3.27. The predicted molar refractivity (Wildman–Crippen MR) is 61.5 cm³/mol. The first-order valence-electron chi connectivity index (χ1n) is 4.82. The molecule has 0 aliphatic heterocycles. The Hall–Kier alpha value is -2.24. The number of anilines is 2. The molecule has 0 amide bonds. The lowest BCUT2D eigenvalue weighted by Crippen LogP contribution is -1.93. The summed E-state index contributed by atoms with van der Waals surface area (Å²) >= 11 is 0. The summed E-state index contributed by atoms with van der Waals surface area (Å²) in [6.45, 7) is 0. The molecule has 0 aliphatic rings. The molecule has 6 heteroatoms. The van der Waals surface area contributed by atoms with Crippen molar-refractivity contribution in [2.24, 2.45) is 0 Å². The quantitative estimate of drug-likeness (QED) is 0.563. The zero-order chi connectivity index (χ0) is 13.7. The van der Waals surface area contributed by atoms with E-state index in [0.29, 0.717) is 0 Å². The van der Waals surface area contributed by atoms with Crippen LogP contribution in [0.5, 0.6) is 0 Å². The highest BCUT2D eigenvalue weighted by Gasteiger charge is 2.01. The van der Waals surface area contributed by atoms with Crippen molar-refractivity contribution in [1.29, 1.82) is 0 Å². The van der Waals surface area contributed by atoms with Gasteiger partial charge in [0.2, 0.25) is 0 Å². The maximum Gasteiger partial charge on any atom is 0.149 e. The van der Waals surface area contributed by atoms with Gasteiger partial charge in [0.05, 0.1) is 0 Å². The number of nitrogen functional groups attached to an aromatic ring is 2. The van der Waals surface area contributed by atoms with Crippen LogP contribution in [-0.4, -0.2) is 0 Å². The van der Waals surface area contributed by atoms with Crippen LogP contribution in [0, 0.1) is 23.3 Å². The Balaban J connectivity index is 0.000000180. The second kappa shape index (κ2) is 5.90. The zero-order valence-electron chi connectivity index (χ0n) is 9.13. The van der Waals surface area contributed by atoms with Gasteiger partial charge in [-0.05, 0) is 24.3 Å². The van der Waals surface area contributed by atoms with Crippen LogP contribution in [-0.2, 0) is 0 Å². The predicted octanol–water partition coefficient (Wildman–Crippen LogP) is 3.09. The van der Waals surface area contributed by atoms with Gasteiger partial charge in [-0.25, -0.2) is 17.6 Å². The summed E-state index contributed by atoms with van der Waals surface area (Å²) in [5, 5.41) is 0. The van der Waals surface area contributed by atoms with E-state index in [-0.39, 0.29) is 0 Å². The van der Waals surface area contributed by atoms with E-state index in [4.69, 9.17) is 11.5 Å². The molecule has 0 unspecified atom stereocenters. The van der Waals surface area contributed by atoms with Gasteiger partial charge in [0.15, 0.2) is 0 Å². The van der Waals surface area contributed by atoms with Crippen LogP contribution in [0.3, 0.4) is 0 Å². The molecule has 96 valence electrons. The van der Waals surface area contributed by atoms with Gasteiger partial charge in [-0.2, -0.15) is 0 Å². The van der Waals surface area contributed by atoms with E-state index in [2.05, 4.69) is 0 Å². The van der Waals surface area contributed by atoms with Crippen molar-refractivity contribution in [2.45, 2.75) is 0 Å². The third-order valence-electron chi connectivity index (χ3n) is 2.00. The standard InChI is InChI=1S/2C6H5F2N/c2*7-4-2-1-3-5(8)6(4)9/h2*1-3H,9H2. The summed E-state index contributed by atoms with van der Waals surface area (Å²) in [5.41, 5.74) is 9.03. The van der Waals surface area contributed by atoms with Gasteiger partial charge in [0, 0.05) is 0 Å². The van der Waals surface area contributed by atoms with Crippen LogP contribution in [0.25, 0.3) is 0 Å². The van der Waals surface area contributed by atoms with Crippen LogP contribution >= 0.6 is 0 Å². The van der Waals surface area contributed by atoms with Gasteiger partial charge in [-0.1, -0.05) is 12.1 Å². The van der Waals surface area contributed by atoms with Gasteiger partial charge in [0.25, 0.3) is 0 Å². The van der Waals surface area contributed by atoms with Crippen LogP contribution in [0.15, 0.2) is 36.4 Å². The molecule has 0 aromatic heterocycles. The smallest absolute Gasteiger partial charge is 0.149 e. The Kier molecular flexibility index (Phi) is 4.53. The average molecular weight is 258 g/mol. The third kappa shape index (κ3) is 3.38. The molecule has 2 nitrogen and oxygen atoms in total. The van der Waals surface area contributed by atoms with E-state index in [1.165, 1.54) is 12.1 Å². The molecule has 0 atom stereocenters. The molecule has 0 spiro atoms. The molecule has 0 fully saturated rings. The first kappa shape index (κ1) is 13.8. The summed E-state index contributed by atoms with van der Waals surface area (Å²) in [6.07, 6.45) is 0. The fraction of sp³-hybridized carbons (Fsp3) is 0. The molecule has 2 rings (SSSR count). The highest BCUT2D eigenvalue weighted by molar-refractivity contribution is 5.40. The van der Waals surface area contributed by atoms with E-state index in [1.54, 1.807) is 0 Å². The average Bonchev–Trinajstić information content (AvgIpc) is 2.34. The first-order chi connectivity index (χ1) is 8.43. The van der Waals surface area contributed by atoms with E-state index in [0.717, 1.165) is 24.3 Å². The van der Waals surface area contributed by atoms with Crippen LogP contribution in [0.1, 0.15) is 0 Å². The minimum absolute atomic E-state index is 0.419. The van der Waals surface area contributed by atoms with Crippen LogP contribution in [0.4, 0.5) is 28.9 Å². The summed E-state index contributed by atoms with van der Waals surface area (Å²) in [7, 11) is 0. The van der Waals surface area contributed by atoms with Gasteiger partial charge < -0.3 is 11.5 Å². The highest BCUT2D eigenvalue weighted by atomic mass is 19.1. The number of nitrogens with two attached hydrogens (primary N) is 2. The Morgan fingerprint density at radius 2 is 0.778 bits per heavy atom. The lowest BCUT2D eigenvalue weighted by atomic mass is 10.3. The third-order valence-corrected chi connectivity index (χ3v) is 2.00. The minimum Gasteiger partial charge on any atom is -0.394 e. The fourth-order valence-electron chi connectivity index (χ4n) is 1.02. The molecule has 0 saturated heterocycles. The fourth-order valence-corrected chi connectivity index (χ4v) is 1.02. The SMILES string of the molecule is Nc1c(F)cccc1F.Nc1c(F)cccc1F. The van der Waals surface area contributed by atoms with Crippen molar-refractivity contribution in [3.05, 3.63) is 59.7 Å². The number of para-hydroxylation sites is 2. The molecule has 0 aliphatic carbocycles. The molecule has 2 aromatic rings. The number of hydrogen-bond acceptors (Lipinski definition) is 2. The van der Waals surface area contributed by atoms with Crippen molar-refractivity contribution >= 4 is 11.4 Å². The number of rotatable bonds is 0. The van der Waals surface area contributed by atoms with E-state index in [9.17, 15) is 17.6 Å². The normalized spacial score (nSPS) is 9.56. The molecule has 0 saturated carbocycles. The Bertz CT molecular complexity index is 454. The number of hydrogen-bond donors (Lipinski definition) is 2. The minimum atomic E-state index is -0.713. The summed E-state index contributed by atoms with van der Waals surface area (Å²) in [5.74, 6) is -2.85. The summed E-state index contributed by atoms with van der Waals surface area (Å²) in [4.78, 5) is 0. The van der Waals surface area contributed by atoms with E-state index < -0.39 is 34.6 Å². The van der Waals surface area contributed by atoms with Crippen molar-refractivity contribution in [3.8, 4) is 0 Å². The lowest BCUT2D eigenvalue weighted by Gasteiger charge is -1.94. The van der Waals surface area contributed by atoms with Crippen molar-refractivity contribution < 1.29 is 17.6 Å². The Labute approximate surface area is 101 Å². The van der Waals surface area contributed by atoms with Gasteiger partial charge in [-0.3, -0.25) is 0 Å². The largest absolute Gasteiger partial charge is 0.394 e. The molecule has 0 radical (unpaired) electrons. The van der Waals surface area contributed by atoms with Crippen LogP contribution < -0.4 is 11.5 Å². The maximum absolute atomic E-state index is 12.2. The monoisotopic (exact) mass is 258 g/mol. The topological polar surface area (TPSA) is 52.0 Å². The zero-order valence-corrected chi connectivity index (χ0v) is 9.13. The number of halogens is 4. The van der Waals surface area contributed by atoms with Gasteiger partial charge in [-0.15, -0.1) is 0 Å². The lowest BCUT2D eigenvalue weighted by molar-refractivity contribution is 0.591. The van der Waals surface area contributed by atoms with Gasteiger partial charge >= 0.3 is 0 Å². The van der Waals surface area contributed by atoms with Crippen molar-refractivity contribution in [3.63, 3.8) is 0 Å². The highest BCUT2D eigenvalue weighted by Crippen LogP contribution is 2.13. The van der Waals surface area contributed by atoms with E-state index >= 15 is 0 Å². The first-order valence-corrected chi connectivity index (χ1v) is 4.82. The van der Waals surface area contributed by atoms with E-state index in [1.807, 2.05) is 0 Å². The van der Waals surface area contributed by atoms with Crippen molar-refractivity contribution in [2.75, 3.05) is 11.5 Å². The molecule has 0 heterocycles. The van der Waals surface area contributed by atoms with Crippen LogP contribution in [0.2, 0.25) is 0 Å².